The van der Waals surface area contributed by atoms with Crippen LogP contribution in [-0.2, 0) is 26.0 Å². The van der Waals surface area contributed by atoms with Crippen LogP contribution in [0.3, 0.4) is 0 Å². The summed E-state index contributed by atoms with van der Waals surface area (Å²) in [6, 6.07) is 12.9. The van der Waals surface area contributed by atoms with E-state index in [2.05, 4.69) is 17.6 Å². The third-order valence-electron chi connectivity index (χ3n) is 3.85. The van der Waals surface area contributed by atoms with Gasteiger partial charge in [0.2, 0.25) is 11.8 Å². The average molecular weight is 389 g/mol. The second-order valence-corrected chi connectivity index (χ2v) is 7.77. The Hall–Kier alpha value is -2.87. The van der Waals surface area contributed by atoms with Crippen LogP contribution >= 0.6 is 0 Å². The summed E-state index contributed by atoms with van der Waals surface area (Å²) in [5, 5.41) is 5.84. The number of benzene rings is 2. The van der Waals surface area contributed by atoms with Crippen molar-refractivity contribution in [1.29, 1.82) is 0 Å². The highest BCUT2D eigenvalue weighted by atomic mass is 32.2. The summed E-state index contributed by atoms with van der Waals surface area (Å²) in [4.78, 5) is 23.2. The fourth-order valence-corrected chi connectivity index (χ4v) is 3.36. The lowest BCUT2D eigenvalue weighted by Gasteiger charge is -2.16. The van der Waals surface area contributed by atoms with Gasteiger partial charge in [-0.05, 0) is 55.3 Å². The van der Waals surface area contributed by atoms with Crippen LogP contribution in [0.5, 0.6) is 0 Å². The molecule has 0 spiro atoms. The topological polar surface area (TPSA) is 104 Å². The molecule has 0 unspecified atom stereocenters. The van der Waals surface area contributed by atoms with E-state index in [0.717, 1.165) is 13.3 Å². The third kappa shape index (κ3) is 5.82. The van der Waals surface area contributed by atoms with Gasteiger partial charge in [-0.1, -0.05) is 19.1 Å². The number of rotatable bonds is 7. The van der Waals surface area contributed by atoms with E-state index in [1.165, 1.54) is 29.8 Å². The molecule has 2 aromatic carbocycles. The minimum absolute atomic E-state index is 0.0311. The van der Waals surface area contributed by atoms with Crippen LogP contribution in [0.2, 0.25) is 0 Å². The number of anilines is 2. The van der Waals surface area contributed by atoms with Gasteiger partial charge in [-0.3, -0.25) is 9.59 Å². The van der Waals surface area contributed by atoms with Crippen molar-refractivity contribution in [1.82, 2.24) is 4.72 Å². The van der Waals surface area contributed by atoms with Gasteiger partial charge < -0.3 is 10.6 Å². The van der Waals surface area contributed by atoms with E-state index in [9.17, 15) is 18.0 Å². The molecule has 0 bridgehead atoms. The predicted molar refractivity (Wildman–Crippen MR) is 105 cm³/mol. The molecule has 0 aromatic heterocycles. The van der Waals surface area contributed by atoms with Crippen LogP contribution in [0.15, 0.2) is 53.4 Å². The van der Waals surface area contributed by atoms with Gasteiger partial charge in [0.1, 0.15) is 6.04 Å². The molecule has 1 atom stereocenters. The lowest BCUT2D eigenvalue weighted by molar-refractivity contribution is -0.117. The number of nitrogens with one attached hydrogen (secondary N) is 3. The molecule has 2 amide bonds. The van der Waals surface area contributed by atoms with Gasteiger partial charge in [0.25, 0.3) is 10.0 Å². The quantitative estimate of drug-likeness (QED) is 0.675. The van der Waals surface area contributed by atoms with Crippen molar-refractivity contribution in [3.8, 4) is 0 Å². The Labute approximate surface area is 159 Å². The first-order valence-electron chi connectivity index (χ1n) is 8.51. The molecular formula is C19H23N3O4S. The Balaban J connectivity index is 1.99. The highest BCUT2D eigenvalue weighted by Crippen LogP contribution is 2.16. The summed E-state index contributed by atoms with van der Waals surface area (Å²) in [7, 11) is -3.87. The average Bonchev–Trinajstić information content (AvgIpc) is 2.61. The first-order chi connectivity index (χ1) is 12.7. The Morgan fingerprint density at radius 3 is 2.04 bits per heavy atom. The van der Waals surface area contributed by atoms with Crippen molar-refractivity contribution in [3.63, 3.8) is 0 Å². The lowest BCUT2D eigenvalue weighted by Crippen LogP contribution is -2.32. The van der Waals surface area contributed by atoms with Crippen molar-refractivity contribution in [3.05, 3.63) is 54.1 Å². The van der Waals surface area contributed by atoms with E-state index in [1.807, 2.05) is 29.0 Å². The van der Waals surface area contributed by atoms with Gasteiger partial charge in [0.15, 0.2) is 0 Å². The van der Waals surface area contributed by atoms with Crippen molar-refractivity contribution in [2.75, 3.05) is 10.6 Å². The van der Waals surface area contributed by atoms with Crippen LogP contribution in [0.25, 0.3) is 0 Å². The number of hydrogen-bond acceptors (Lipinski definition) is 5. The lowest BCUT2D eigenvalue weighted by atomic mass is 10.1. The number of carbonyl (C=O) groups excluding carboxylic acids is 2. The van der Waals surface area contributed by atoms with E-state index in [4.69, 9.17) is 0 Å². The van der Waals surface area contributed by atoms with Crippen LogP contribution in [-0.4, -0.2) is 26.3 Å². The minimum Gasteiger partial charge on any atom is -0.374 e. The first-order valence-corrected chi connectivity index (χ1v) is 9.99. The predicted octanol–water partition coefficient (Wildman–Crippen LogP) is 2.51. The van der Waals surface area contributed by atoms with Gasteiger partial charge in [0, 0.05) is 18.3 Å². The highest BCUT2D eigenvalue weighted by Gasteiger charge is 2.16. The zero-order valence-corrected chi connectivity index (χ0v) is 16.3. The van der Waals surface area contributed by atoms with Crippen molar-refractivity contribution >= 4 is 33.2 Å². The summed E-state index contributed by atoms with van der Waals surface area (Å²) in [5.74, 6) is -0.872. The van der Waals surface area contributed by atoms with E-state index in [-0.39, 0.29) is 10.8 Å². The second-order valence-electron chi connectivity index (χ2n) is 6.09. The molecule has 8 heteroatoms. The standard InChI is InChI=1S/C19H23N3O4S/c1-4-15-5-7-17(8-6-15)21-19(24)13(2)20-16-9-11-18(12-10-16)27(25,26)22-14(3)23/h5-13,20H,4H2,1-3H3,(H,21,24)(H,22,23)/t13-/m1/s1. The maximum Gasteiger partial charge on any atom is 0.264 e. The summed E-state index contributed by atoms with van der Waals surface area (Å²) in [6.07, 6.45) is 0.930. The van der Waals surface area contributed by atoms with E-state index < -0.39 is 22.0 Å². The second kappa shape index (κ2) is 8.68. The molecule has 0 aliphatic heterocycles. The molecule has 0 radical (unpaired) electrons. The minimum atomic E-state index is -3.87. The van der Waals surface area contributed by atoms with E-state index in [1.54, 1.807) is 6.92 Å². The number of carbonyl (C=O) groups is 2. The molecule has 2 rings (SSSR count). The summed E-state index contributed by atoms with van der Waals surface area (Å²) < 4.78 is 25.7. The zero-order chi connectivity index (χ0) is 20.0. The SMILES string of the molecule is CCc1ccc(NC(=O)[C@@H](C)Nc2ccc(S(=O)(=O)NC(C)=O)cc2)cc1. The van der Waals surface area contributed by atoms with E-state index in [0.29, 0.717) is 11.4 Å². The highest BCUT2D eigenvalue weighted by molar-refractivity contribution is 7.90. The molecule has 27 heavy (non-hydrogen) atoms. The van der Waals surface area contributed by atoms with Gasteiger partial charge in [-0.25, -0.2) is 13.1 Å². The van der Waals surface area contributed by atoms with Gasteiger partial charge in [-0.15, -0.1) is 0 Å². The van der Waals surface area contributed by atoms with E-state index >= 15 is 0 Å². The van der Waals surface area contributed by atoms with Crippen LogP contribution in [0.4, 0.5) is 11.4 Å². The van der Waals surface area contributed by atoms with Crippen molar-refractivity contribution in [2.45, 2.75) is 38.1 Å². The maximum atomic E-state index is 12.3. The van der Waals surface area contributed by atoms with Crippen molar-refractivity contribution in [2.24, 2.45) is 0 Å². The van der Waals surface area contributed by atoms with Crippen LogP contribution in [0, 0.1) is 0 Å². The molecular weight excluding hydrogens is 366 g/mol. The number of amides is 2. The molecule has 0 aliphatic carbocycles. The molecule has 0 saturated carbocycles. The summed E-state index contributed by atoms with van der Waals surface area (Å²) in [5.41, 5.74) is 2.48. The van der Waals surface area contributed by atoms with Crippen LogP contribution in [0.1, 0.15) is 26.3 Å². The molecule has 144 valence electrons. The molecule has 0 aliphatic rings. The maximum absolute atomic E-state index is 12.3. The smallest absolute Gasteiger partial charge is 0.264 e. The fourth-order valence-electron chi connectivity index (χ4n) is 2.37. The fraction of sp³-hybridized carbons (Fsp3) is 0.263. The monoisotopic (exact) mass is 389 g/mol. The Morgan fingerprint density at radius 1 is 0.963 bits per heavy atom. The van der Waals surface area contributed by atoms with Gasteiger partial charge >= 0.3 is 0 Å². The number of aryl methyl sites for hydroxylation is 1. The third-order valence-corrected chi connectivity index (χ3v) is 5.30. The number of sulfonamides is 1. The van der Waals surface area contributed by atoms with Gasteiger partial charge in [-0.2, -0.15) is 0 Å². The first kappa shape index (κ1) is 20.4. The molecule has 0 fully saturated rings. The normalized spacial score (nSPS) is 12.1. The Kier molecular flexibility index (Phi) is 6.57. The molecule has 3 N–H and O–H groups in total. The summed E-state index contributed by atoms with van der Waals surface area (Å²) in [6.45, 7) is 4.90. The Bertz CT molecular complexity index is 907. The number of hydrogen-bond donors (Lipinski definition) is 3. The largest absolute Gasteiger partial charge is 0.374 e. The molecule has 0 saturated heterocycles. The van der Waals surface area contributed by atoms with Crippen molar-refractivity contribution < 1.29 is 18.0 Å². The molecule has 2 aromatic rings. The Morgan fingerprint density at radius 2 is 1.52 bits per heavy atom. The molecule has 0 heterocycles. The molecule has 7 nitrogen and oxygen atoms in total. The van der Waals surface area contributed by atoms with Crippen LogP contribution < -0.4 is 15.4 Å². The van der Waals surface area contributed by atoms with Gasteiger partial charge in [0.05, 0.1) is 4.90 Å². The zero-order valence-electron chi connectivity index (χ0n) is 15.4. The summed E-state index contributed by atoms with van der Waals surface area (Å²) >= 11 is 0.